The van der Waals surface area contributed by atoms with E-state index in [0.717, 1.165) is 30.0 Å². The van der Waals surface area contributed by atoms with Gasteiger partial charge in [-0.1, -0.05) is 13.3 Å². The number of aryl methyl sites for hydroxylation is 1. The van der Waals surface area contributed by atoms with Crippen molar-refractivity contribution in [1.29, 1.82) is 0 Å². The lowest BCUT2D eigenvalue weighted by Gasteiger charge is -2.13. The first-order chi connectivity index (χ1) is 11.8. The first kappa shape index (κ1) is 19.3. The predicted molar refractivity (Wildman–Crippen MR) is 93.9 cm³/mol. The zero-order chi connectivity index (χ0) is 18.4. The number of methoxy groups -OCH3 is 1. The molecule has 0 aliphatic carbocycles. The van der Waals surface area contributed by atoms with Gasteiger partial charge in [-0.3, -0.25) is 4.18 Å². The van der Waals surface area contributed by atoms with E-state index in [1.165, 1.54) is 13.2 Å². The lowest BCUT2D eigenvalue weighted by Crippen LogP contribution is -2.08. The number of rotatable bonds is 9. The molecule has 0 amide bonds. The largest absolute Gasteiger partial charge is 0.493 e. The van der Waals surface area contributed by atoms with Crippen molar-refractivity contribution in [1.82, 2.24) is 0 Å². The monoisotopic (exact) mass is 370 g/mol. The fraction of sp³-hybridized carbons (Fsp3) is 0.471. The topological polar surface area (TPSA) is 92.0 Å². The molecule has 0 unspecified atom stereocenters. The first-order valence-electron chi connectivity index (χ1n) is 7.96. The van der Waals surface area contributed by atoms with Gasteiger partial charge in [0.05, 0.1) is 26.6 Å². The summed E-state index contributed by atoms with van der Waals surface area (Å²) in [4.78, 5) is 11.7. The molecule has 0 N–H and O–H groups in total. The molecule has 0 radical (unpaired) electrons. The van der Waals surface area contributed by atoms with E-state index in [2.05, 4.69) is 4.18 Å². The van der Waals surface area contributed by atoms with Crippen molar-refractivity contribution in [2.45, 2.75) is 26.2 Å². The molecule has 138 valence electrons. The quantitative estimate of drug-likeness (QED) is 0.380. The Labute approximate surface area is 146 Å². The molecule has 0 atom stereocenters. The number of hydrogen-bond donors (Lipinski definition) is 0. The highest BCUT2D eigenvalue weighted by molar-refractivity contribution is 7.85. The SMILES string of the molecule is CCCc1cc(=O)oc2cc(OC)c(OCCCOS(C)(=O)=O)cc12. The first-order valence-corrected chi connectivity index (χ1v) is 9.77. The summed E-state index contributed by atoms with van der Waals surface area (Å²) in [5, 5.41) is 0.796. The predicted octanol–water partition coefficient (Wildman–Crippen LogP) is 2.50. The average molecular weight is 370 g/mol. The molecule has 0 spiro atoms. The van der Waals surface area contributed by atoms with Crippen LogP contribution in [0.2, 0.25) is 0 Å². The summed E-state index contributed by atoms with van der Waals surface area (Å²) in [6.07, 6.45) is 3.04. The van der Waals surface area contributed by atoms with E-state index in [0.29, 0.717) is 23.5 Å². The smallest absolute Gasteiger partial charge is 0.336 e. The average Bonchev–Trinajstić information content (AvgIpc) is 2.53. The summed E-state index contributed by atoms with van der Waals surface area (Å²) >= 11 is 0. The molecule has 1 aromatic carbocycles. The third kappa shape index (κ3) is 5.47. The molecular formula is C17H22O7S. The Bertz CT molecular complexity index is 884. The van der Waals surface area contributed by atoms with E-state index in [1.807, 2.05) is 6.92 Å². The third-order valence-electron chi connectivity index (χ3n) is 3.48. The maximum Gasteiger partial charge on any atom is 0.336 e. The van der Waals surface area contributed by atoms with Gasteiger partial charge in [-0.05, 0) is 18.1 Å². The highest BCUT2D eigenvalue weighted by Gasteiger charge is 2.12. The zero-order valence-corrected chi connectivity index (χ0v) is 15.4. The van der Waals surface area contributed by atoms with Gasteiger partial charge in [0.25, 0.3) is 10.1 Å². The van der Waals surface area contributed by atoms with Gasteiger partial charge >= 0.3 is 5.63 Å². The molecule has 7 nitrogen and oxygen atoms in total. The van der Waals surface area contributed by atoms with Crippen molar-refractivity contribution < 1.29 is 26.5 Å². The molecule has 2 rings (SSSR count). The van der Waals surface area contributed by atoms with Gasteiger partial charge in [0.1, 0.15) is 5.58 Å². The molecule has 0 aliphatic heterocycles. The van der Waals surface area contributed by atoms with Crippen LogP contribution in [0.1, 0.15) is 25.3 Å². The van der Waals surface area contributed by atoms with Crippen LogP contribution in [-0.2, 0) is 20.7 Å². The van der Waals surface area contributed by atoms with Crippen LogP contribution in [0.5, 0.6) is 11.5 Å². The molecule has 25 heavy (non-hydrogen) atoms. The zero-order valence-electron chi connectivity index (χ0n) is 14.5. The summed E-state index contributed by atoms with van der Waals surface area (Å²) < 4.78 is 42.7. The number of ether oxygens (including phenoxy) is 2. The van der Waals surface area contributed by atoms with Crippen molar-refractivity contribution in [3.8, 4) is 11.5 Å². The van der Waals surface area contributed by atoms with Crippen LogP contribution < -0.4 is 15.1 Å². The van der Waals surface area contributed by atoms with E-state index in [4.69, 9.17) is 13.9 Å². The normalized spacial score (nSPS) is 11.6. The Hall–Kier alpha value is -2.06. The van der Waals surface area contributed by atoms with Crippen molar-refractivity contribution >= 4 is 21.1 Å². The summed E-state index contributed by atoms with van der Waals surface area (Å²) in [7, 11) is -1.95. The van der Waals surface area contributed by atoms with Crippen molar-refractivity contribution in [3.05, 3.63) is 34.2 Å². The minimum absolute atomic E-state index is 0.0463. The molecule has 0 saturated carbocycles. The molecule has 2 aromatic rings. The standard InChI is InChI=1S/C17H22O7S/c1-4-6-12-9-17(18)24-14-11-15(21-2)16(10-13(12)14)22-7-5-8-23-25(3,19)20/h9-11H,4-8H2,1-3H3. The minimum Gasteiger partial charge on any atom is -0.493 e. The molecule has 0 bridgehead atoms. The van der Waals surface area contributed by atoms with E-state index in [9.17, 15) is 13.2 Å². The Morgan fingerprint density at radius 1 is 1.12 bits per heavy atom. The third-order valence-corrected chi connectivity index (χ3v) is 4.07. The van der Waals surface area contributed by atoms with Gasteiger partial charge in [-0.25, -0.2) is 4.79 Å². The van der Waals surface area contributed by atoms with Crippen LogP contribution in [0, 0.1) is 0 Å². The van der Waals surface area contributed by atoms with Crippen LogP contribution >= 0.6 is 0 Å². The Kier molecular flexibility index (Phi) is 6.44. The van der Waals surface area contributed by atoms with Gasteiger partial charge in [0.2, 0.25) is 0 Å². The molecule has 8 heteroatoms. The fourth-order valence-corrected chi connectivity index (χ4v) is 2.85. The maximum absolute atomic E-state index is 11.7. The molecule has 0 saturated heterocycles. The summed E-state index contributed by atoms with van der Waals surface area (Å²) in [6, 6.07) is 4.89. The second kappa shape index (κ2) is 8.35. The minimum atomic E-state index is -3.45. The number of hydrogen-bond acceptors (Lipinski definition) is 7. The van der Waals surface area contributed by atoms with Crippen LogP contribution in [0.3, 0.4) is 0 Å². The maximum atomic E-state index is 11.7. The molecule has 0 fully saturated rings. The Morgan fingerprint density at radius 2 is 1.88 bits per heavy atom. The van der Waals surface area contributed by atoms with Crippen LogP contribution in [-0.4, -0.2) is 35.0 Å². The second-order valence-corrected chi connectivity index (χ2v) is 7.21. The fourth-order valence-electron chi connectivity index (χ4n) is 2.43. The summed E-state index contributed by atoms with van der Waals surface area (Å²) in [5.74, 6) is 0.939. The number of benzene rings is 1. The second-order valence-electron chi connectivity index (χ2n) is 5.57. The van der Waals surface area contributed by atoms with Gasteiger partial charge in [0, 0.05) is 23.9 Å². The Morgan fingerprint density at radius 3 is 2.52 bits per heavy atom. The van der Waals surface area contributed by atoms with Crippen LogP contribution in [0.25, 0.3) is 11.0 Å². The van der Waals surface area contributed by atoms with Crippen LogP contribution in [0.4, 0.5) is 0 Å². The molecule has 0 aliphatic rings. The van der Waals surface area contributed by atoms with Gasteiger partial charge in [-0.15, -0.1) is 0 Å². The van der Waals surface area contributed by atoms with Crippen LogP contribution in [0.15, 0.2) is 27.4 Å². The van der Waals surface area contributed by atoms with E-state index < -0.39 is 15.7 Å². The van der Waals surface area contributed by atoms with E-state index in [1.54, 1.807) is 12.1 Å². The Balaban J connectivity index is 2.22. The van der Waals surface area contributed by atoms with Crippen molar-refractivity contribution in [3.63, 3.8) is 0 Å². The summed E-state index contributed by atoms with van der Waals surface area (Å²) in [5.41, 5.74) is 0.937. The van der Waals surface area contributed by atoms with Gasteiger partial charge in [0.15, 0.2) is 11.5 Å². The molecule has 1 aromatic heterocycles. The summed E-state index contributed by atoms with van der Waals surface area (Å²) in [6.45, 7) is 2.34. The highest BCUT2D eigenvalue weighted by Crippen LogP contribution is 2.33. The van der Waals surface area contributed by atoms with Crippen molar-refractivity contribution in [2.24, 2.45) is 0 Å². The number of fused-ring (bicyclic) bond motifs is 1. The molecular weight excluding hydrogens is 348 g/mol. The van der Waals surface area contributed by atoms with Crippen molar-refractivity contribution in [2.75, 3.05) is 26.6 Å². The van der Waals surface area contributed by atoms with E-state index in [-0.39, 0.29) is 13.2 Å². The van der Waals surface area contributed by atoms with E-state index >= 15 is 0 Å². The van der Waals surface area contributed by atoms with Gasteiger partial charge < -0.3 is 13.9 Å². The van der Waals surface area contributed by atoms with Gasteiger partial charge in [-0.2, -0.15) is 8.42 Å². The lowest BCUT2D eigenvalue weighted by atomic mass is 10.1. The lowest BCUT2D eigenvalue weighted by molar-refractivity contribution is 0.244. The highest BCUT2D eigenvalue weighted by atomic mass is 32.2. The molecule has 1 heterocycles.